The molecule has 0 aliphatic heterocycles. The van der Waals surface area contributed by atoms with Crippen LogP contribution in [0.5, 0.6) is 0 Å². The molecule has 28 heavy (non-hydrogen) atoms. The number of benzene rings is 2. The molecule has 0 aliphatic rings. The zero-order valence-corrected chi connectivity index (χ0v) is 18.4. The number of methoxy groups -OCH3 is 1. The zero-order chi connectivity index (χ0) is 20.8. The van der Waals surface area contributed by atoms with Crippen molar-refractivity contribution in [2.45, 2.75) is 39.2 Å². The summed E-state index contributed by atoms with van der Waals surface area (Å²) in [6.45, 7) is 8.66. The summed E-state index contributed by atoms with van der Waals surface area (Å²) in [4.78, 5) is 23.8. The molecule has 0 N–H and O–H groups in total. The van der Waals surface area contributed by atoms with E-state index in [0.29, 0.717) is 0 Å². The highest BCUT2D eigenvalue weighted by Gasteiger charge is 2.50. The van der Waals surface area contributed by atoms with Gasteiger partial charge in [-0.25, -0.2) is 0 Å². The van der Waals surface area contributed by atoms with E-state index >= 15 is 0 Å². The Morgan fingerprint density at radius 2 is 1.39 bits per heavy atom. The van der Waals surface area contributed by atoms with Gasteiger partial charge in [-0.2, -0.15) is 0 Å². The van der Waals surface area contributed by atoms with Crippen molar-refractivity contribution in [1.82, 2.24) is 0 Å². The minimum Gasteiger partial charge on any atom is -0.469 e. The third kappa shape index (κ3) is 4.78. The summed E-state index contributed by atoms with van der Waals surface area (Å²) in [6, 6.07) is 20.6. The standard InChI is InChI=1S/C23H30O4Si/c1-18(21(24)16-22(25)26-5)17-27-28(23(2,3)4,19-12-8-6-9-13-19)20-14-10-7-11-15-20/h6-15,18H,16-17H2,1-5H3/t18-/m1/s1. The van der Waals surface area contributed by atoms with Gasteiger partial charge in [-0.3, -0.25) is 9.59 Å². The second kappa shape index (κ2) is 9.30. The molecule has 2 rings (SSSR count). The normalized spacial score (nSPS) is 13.0. The maximum atomic E-state index is 12.4. The molecule has 0 unspecified atom stereocenters. The summed E-state index contributed by atoms with van der Waals surface area (Å²) >= 11 is 0. The van der Waals surface area contributed by atoms with Crippen molar-refractivity contribution in [3.05, 3.63) is 60.7 Å². The van der Waals surface area contributed by atoms with Crippen LogP contribution in [-0.2, 0) is 18.8 Å². The van der Waals surface area contributed by atoms with Crippen LogP contribution in [-0.4, -0.2) is 33.8 Å². The van der Waals surface area contributed by atoms with E-state index in [1.807, 2.05) is 43.3 Å². The predicted octanol–water partition coefficient (Wildman–Crippen LogP) is 3.33. The van der Waals surface area contributed by atoms with Crippen LogP contribution in [0.1, 0.15) is 34.1 Å². The van der Waals surface area contributed by atoms with Crippen molar-refractivity contribution in [2.75, 3.05) is 13.7 Å². The minimum atomic E-state index is -2.67. The summed E-state index contributed by atoms with van der Waals surface area (Å²) in [5.41, 5.74) is 0. The van der Waals surface area contributed by atoms with Crippen molar-refractivity contribution < 1.29 is 18.8 Å². The molecular formula is C23H30O4Si. The van der Waals surface area contributed by atoms with Crippen LogP contribution in [0, 0.1) is 5.92 Å². The first-order chi connectivity index (χ1) is 13.2. The lowest BCUT2D eigenvalue weighted by Gasteiger charge is -2.43. The summed E-state index contributed by atoms with van der Waals surface area (Å²) in [5.74, 6) is -1.06. The van der Waals surface area contributed by atoms with Gasteiger partial charge in [0.15, 0.2) is 0 Å². The topological polar surface area (TPSA) is 52.6 Å². The first-order valence-electron chi connectivity index (χ1n) is 9.57. The van der Waals surface area contributed by atoms with Crippen LogP contribution in [0.4, 0.5) is 0 Å². The Morgan fingerprint density at radius 1 is 0.929 bits per heavy atom. The molecule has 0 spiro atoms. The van der Waals surface area contributed by atoms with Crippen LogP contribution in [0.15, 0.2) is 60.7 Å². The number of ether oxygens (including phenoxy) is 1. The van der Waals surface area contributed by atoms with Crippen molar-refractivity contribution in [3.63, 3.8) is 0 Å². The van der Waals surface area contributed by atoms with Gasteiger partial charge in [0, 0.05) is 12.5 Å². The Labute approximate surface area is 169 Å². The smallest absolute Gasteiger partial charge is 0.313 e. The highest BCUT2D eigenvalue weighted by molar-refractivity contribution is 6.99. The number of carbonyl (C=O) groups is 2. The average molecular weight is 399 g/mol. The monoisotopic (exact) mass is 398 g/mol. The van der Waals surface area contributed by atoms with Gasteiger partial charge in [-0.05, 0) is 15.4 Å². The fourth-order valence-corrected chi connectivity index (χ4v) is 8.15. The fourth-order valence-electron chi connectivity index (χ4n) is 3.49. The molecule has 0 saturated carbocycles. The van der Waals surface area contributed by atoms with E-state index in [9.17, 15) is 9.59 Å². The maximum absolute atomic E-state index is 12.4. The molecule has 0 aliphatic carbocycles. The maximum Gasteiger partial charge on any atom is 0.313 e. The quantitative estimate of drug-likeness (QED) is 0.389. The fraction of sp³-hybridized carbons (Fsp3) is 0.391. The van der Waals surface area contributed by atoms with Gasteiger partial charge in [0.25, 0.3) is 8.32 Å². The number of ketones is 1. The summed E-state index contributed by atoms with van der Waals surface area (Å²) in [5, 5.41) is 2.18. The number of esters is 1. The third-order valence-corrected chi connectivity index (χ3v) is 10.1. The minimum absolute atomic E-state index is 0.152. The highest BCUT2D eigenvalue weighted by Crippen LogP contribution is 2.37. The molecule has 4 nitrogen and oxygen atoms in total. The molecule has 2 aromatic rings. The lowest BCUT2D eigenvalue weighted by Crippen LogP contribution is -2.67. The molecule has 0 fully saturated rings. The van der Waals surface area contributed by atoms with Gasteiger partial charge in [-0.1, -0.05) is 88.4 Å². The van der Waals surface area contributed by atoms with E-state index in [2.05, 4.69) is 49.8 Å². The third-order valence-electron chi connectivity index (χ3n) is 5.06. The molecule has 0 radical (unpaired) electrons. The highest BCUT2D eigenvalue weighted by atomic mass is 28.4. The van der Waals surface area contributed by atoms with E-state index in [4.69, 9.17) is 4.43 Å². The van der Waals surface area contributed by atoms with Gasteiger partial charge in [-0.15, -0.1) is 0 Å². The van der Waals surface area contributed by atoms with Crippen LogP contribution in [0.2, 0.25) is 5.04 Å². The largest absolute Gasteiger partial charge is 0.469 e. The van der Waals surface area contributed by atoms with E-state index in [1.54, 1.807) is 0 Å². The number of hydrogen-bond acceptors (Lipinski definition) is 4. The number of rotatable bonds is 8. The molecule has 0 heterocycles. The SMILES string of the molecule is COC(=O)CC(=O)[C@H](C)CO[Si](c1ccccc1)(c1ccccc1)C(C)(C)C. The predicted molar refractivity (Wildman–Crippen MR) is 114 cm³/mol. The van der Waals surface area contributed by atoms with Crippen molar-refractivity contribution in [2.24, 2.45) is 5.92 Å². The molecule has 5 heteroatoms. The molecule has 1 atom stereocenters. The second-order valence-electron chi connectivity index (χ2n) is 8.09. The molecule has 150 valence electrons. The van der Waals surface area contributed by atoms with Crippen molar-refractivity contribution in [1.29, 1.82) is 0 Å². The second-order valence-corrected chi connectivity index (χ2v) is 12.4. The first-order valence-corrected chi connectivity index (χ1v) is 11.5. The van der Waals surface area contributed by atoms with Crippen molar-refractivity contribution >= 4 is 30.4 Å². The molecule has 2 aromatic carbocycles. The zero-order valence-electron chi connectivity index (χ0n) is 17.4. The van der Waals surface area contributed by atoms with Gasteiger partial charge in [0.05, 0.1) is 7.11 Å². The number of carbonyl (C=O) groups excluding carboxylic acids is 2. The van der Waals surface area contributed by atoms with Crippen LogP contribution in [0.25, 0.3) is 0 Å². The summed E-state index contributed by atoms with van der Waals surface area (Å²) in [6.07, 6.45) is -0.220. The Hall–Kier alpha value is -2.24. The van der Waals surface area contributed by atoms with Gasteiger partial charge < -0.3 is 9.16 Å². The van der Waals surface area contributed by atoms with E-state index in [-0.39, 0.29) is 29.8 Å². The van der Waals surface area contributed by atoms with E-state index in [1.165, 1.54) is 17.5 Å². The van der Waals surface area contributed by atoms with E-state index in [0.717, 1.165) is 0 Å². The molecule has 0 amide bonds. The van der Waals surface area contributed by atoms with Gasteiger partial charge in [0.1, 0.15) is 12.2 Å². The first kappa shape index (κ1) is 22.1. The Kier molecular flexibility index (Phi) is 7.33. The summed E-state index contributed by atoms with van der Waals surface area (Å²) < 4.78 is 11.3. The van der Waals surface area contributed by atoms with Crippen LogP contribution >= 0.6 is 0 Å². The molecule has 0 aromatic heterocycles. The van der Waals surface area contributed by atoms with Crippen LogP contribution in [0.3, 0.4) is 0 Å². The lowest BCUT2D eigenvalue weighted by atomic mass is 10.1. The van der Waals surface area contributed by atoms with Crippen LogP contribution < -0.4 is 10.4 Å². The Morgan fingerprint density at radius 3 is 1.79 bits per heavy atom. The van der Waals surface area contributed by atoms with Crippen molar-refractivity contribution in [3.8, 4) is 0 Å². The van der Waals surface area contributed by atoms with Gasteiger partial charge in [0.2, 0.25) is 0 Å². The Balaban J connectivity index is 2.42. The number of Topliss-reactive ketones (excluding diaryl/α,β-unsaturated/α-hetero) is 1. The Bertz CT molecular complexity index is 742. The van der Waals surface area contributed by atoms with E-state index < -0.39 is 14.3 Å². The number of hydrogen-bond donors (Lipinski definition) is 0. The molecule has 0 bridgehead atoms. The molecule has 0 saturated heterocycles. The van der Waals surface area contributed by atoms with Gasteiger partial charge >= 0.3 is 5.97 Å². The average Bonchev–Trinajstić information content (AvgIpc) is 2.68. The molecular weight excluding hydrogens is 368 g/mol. The summed E-state index contributed by atoms with van der Waals surface area (Å²) in [7, 11) is -1.38. The lowest BCUT2D eigenvalue weighted by molar-refractivity contribution is -0.144.